The lowest BCUT2D eigenvalue weighted by Gasteiger charge is -2.56. The number of hydrogen-bond donors (Lipinski definition) is 1. The first kappa shape index (κ1) is 17.2. The Morgan fingerprint density at radius 3 is 2.86 bits per heavy atom. The van der Waals surface area contributed by atoms with Crippen molar-refractivity contribution in [3.63, 3.8) is 0 Å². The minimum Gasteiger partial charge on any atom is -0.482 e. The number of carbonyl (C=O) groups is 1. The van der Waals surface area contributed by atoms with Crippen LogP contribution in [0.25, 0.3) is 0 Å². The largest absolute Gasteiger partial charge is 0.482 e. The molecule has 0 aromatic heterocycles. The molecule has 2 aliphatic carbocycles. The molecular formula is C24H23NO4. The normalized spacial score (nSPS) is 33.7. The van der Waals surface area contributed by atoms with Gasteiger partial charge in [-0.1, -0.05) is 36.4 Å². The highest BCUT2D eigenvalue weighted by atomic mass is 16.6. The fourth-order valence-corrected chi connectivity index (χ4v) is 6.04. The number of hydrogen-bond acceptors (Lipinski definition) is 5. The number of aliphatic hydroxyl groups is 1. The Bertz CT molecular complexity index is 1030. The summed E-state index contributed by atoms with van der Waals surface area (Å²) in [4.78, 5) is 15.1. The van der Waals surface area contributed by atoms with Crippen LogP contribution in [-0.2, 0) is 11.8 Å². The van der Waals surface area contributed by atoms with Crippen LogP contribution in [-0.4, -0.2) is 47.8 Å². The summed E-state index contributed by atoms with van der Waals surface area (Å²) >= 11 is 0. The molecule has 148 valence electrons. The molecule has 1 spiro atoms. The Hall–Kier alpha value is -2.63. The third-order valence-corrected chi connectivity index (χ3v) is 7.35. The van der Waals surface area contributed by atoms with Gasteiger partial charge < -0.3 is 19.5 Å². The molecule has 5 nitrogen and oxygen atoms in total. The van der Waals surface area contributed by atoms with E-state index in [2.05, 4.69) is 24.1 Å². The molecule has 2 bridgehead atoms. The number of ether oxygens (including phenoxy) is 2. The second kappa shape index (κ2) is 5.94. The Labute approximate surface area is 169 Å². The van der Waals surface area contributed by atoms with Crippen LogP contribution in [0.15, 0.2) is 54.6 Å². The van der Waals surface area contributed by atoms with Gasteiger partial charge in [0.15, 0.2) is 11.5 Å². The van der Waals surface area contributed by atoms with Gasteiger partial charge in [-0.2, -0.15) is 0 Å². The molecule has 1 unspecified atom stereocenters. The van der Waals surface area contributed by atoms with Crippen LogP contribution in [0.3, 0.4) is 0 Å². The number of esters is 1. The highest BCUT2D eigenvalue weighted by Gasteiger charge is 2.64. The predicted octanol–water partition coefficient (Wildman–Crippen LogP) is 2.71. The molecule has 2 heterocycles. The summed E-state index contributed by atoms with van der Waals surface area (Å²) in [7, 11) is 2.18. The highest BCUT2D eigenvalue weighted by molar-refractivity contribution is 5.91. The summed E-state index contributed by atoms with van der Waals surface area (Å²) in [5.74, 6) is 0.991. The molecule has 0 saturated carbocycles. The zero-order chi connectivity index (χ0) is 19.8. The monoisotopic (exact) mass is 389 g/mol. The summed E-state index contributed by atoms with van der Waals surface area (Å²) in [6.45, 7) is 0.967. The Morgan fingerprint density at radius 2 is 2.03 bits per heavy atom. The summed E-state index contributed by atoms with van der Waals surface area (Å²) in [5, 5.41) is 10.8. The molecular weight excluding hydrogens is 366 g/mol. The molecule has 1 N–H and O–H groups in total. The molecule has 5 heteroatoms. The number of likely N-dealkylation sites (tertiary alicyclic amines) is 1. The standard InChI is InChI=1S/C24H23NO4/c1-25-12-11-24-16-8-9-18(26)22(24)29-21-19(10-7-15(20(21)24)13-17(16)25)28-23(27)14-5-3-2-4-6-14/h2-10,16-18,22,26H,11-13H2,1H3/t16-,17?,18-,22-,24-/m0/s1. The average Bonchev–Trinajstić information content (AvgIpc) is 3.10. The molecule has 1 saturated heterocycles. The van der Waals surface area contributed by atoms with Gasteiger partial charge in [-0.25, -0.2) is 4.79 Å². The van der Waals surface area contributed by atoms with Gasteiger partial charge in [0.05, 0.1) is 5.56 Å². The van der Waals surface area contributed by atoms with Gasteiger partial charge in [0, 0.05) is 22.9 Å². The van der Waals surface area contributed by atoms with Crippen molar-refractivity contribution in [3.05, 3.63) is 71.3 Å². The van der Waals surface area contributed by atoms with E-state index < -0.39 is 12.1 Å². The molecule has 2 aliphatic heterocycles. The van der Waals surface area contributed by atoms with Gasteiger partial charge in [-0.05, 0) is 50.2 Å². The Kier molecular flexibility index (Phi) is 3.53. The van der Waals surface area contributed by atoms with E-state index in [9.17, 15) is 9.90 Å². The number of nitrogens with zero attached hydrogens (tertiary/aromatic N) is 1. The molecule has 1 fully saturated rings. The lowest BCUT2D eigenvalue weighted by Crippen LogP contribution is -2.64. The van der Waals surface area contributed by atoms with Gasteiger partial charge in [-0.15, -0.1) is 0 Å². The number of piperidine rings is 1. The number of aliphatic hydroxyl groups excluding tert-OH is 1. The van der Waals surface area contributed by atoms with Gasteiger partial charge in [0.2, 0.25) is 0 Å². The van der Waals surface area contributed by atoms with E-state index in [1.807, 2.05) is 30.3 Å². The molecule has 2 aromatic rings. The van der Waals surface area contributed by atoms with E-state index in [1.54, 1.807) is 12.1 Å². The highest BCUT2D eigenvalue weighted by Crippen LogP contribution is 2.62. The first-order chi connectivity index (χ1) is 14.1. The second-order valence-electron chi connectivity index (χ2n) is 8.66. The van der Waals surface area contributed by atoms with E-state index in [1.165, 1.54) is 5.56 Å². The zero-order valence-electron chi connectivity index (χ0n) is 16.2. The maximum absolute atomic E-state index is 12.7. The Balaban J connectivity index is 1.48. The van der Waals surface area contributed by atoms with Crippen molar-refractivity contribution in [1.29, 1.82) is 0 Å². The molecule has 0 radical (unpaired) electrons. The van der Waals surface area contributed by atoms with Crippen LogP contribution in [0.2, 0.25) is 0 Å². The number of benzene rings is 2. The van der Waals surface area contributed by atoms with E-state index in [-0.39, 0.29) is 11.5 Å². The molecule has 29 heavy (non-hydrogen) atoms. The van der Waals surface area contributed by atoms with Crippen molar-refractivity contribution in [3.8, 4) is 11.5 Å². The lowest BCUT2D eigenvalue weighted by molar-refractivity contribution is -0.0453. The quantitative estimate of drug-likeness (QED) is 0.486. The minimum absolute atomic E-state index is 0.247. The van der Waals surface area contributed by atoms with Crippen LogP contribution < -0.4 is 9.47 Å². The van der Waals surface area contributed by atoms with Crippen LogP contribution in [0.1, 0.15) is 27.9 Å². The van der Waals surface area contributed by atoms with Crippen LogP contribution in [0.5, 0.6) is 11.5 Å². The van der Waals surface area contributed by atoms with Gasteiger partial charge in [0.25, 0.3) is 0 Å². The SMILES string of the molecule is CN1CC[C@]23c4c5ccc(OC(=O)c6ccccc6)c4O[C@H]2[C@@H](O)C=C[C@H]3C1C5. The second-order valence-corrected chi connectivity index (χ2v) is 8.66. The maximum Gasteiger partial charge on any atom is 0.343 e. The Morgan fingerprint density at radius 1 is 1.21 bits per heavy atom. The fourth-order valence-electron chi connectivity index (χ4n) is 6.04. The molecule has 5 atom stereocenters. The summed E-state index contributed by atoms with van der Waals surface area (Å²) in [5.41, 5.74) is 2.66. The average molecular weight is 389 g/mol. The van der Waals surface area contributed by atoms with E-state index >= 15 is 0 Å². The van der Waals surface area contributed by atoms with Crippen molar-refractivity contribution in [2.45, 2.75) is 36.5 Å². The molecule has 0 amide bonds. The van der Waals surface area contributed by atoms with Crippen molar-refractivity contribution < 1.29 is 19.4 Å². The molecule has 6 rings (SSSR count). The van der Waals surface area contributed by atoms with Crippen molar-refractivity contribution in [1.82, 2.24) is 4.90 Å². The maximum atomic E-state index is 12.7. The zero-order valence-corrected chi connectivity index (χ0v) is 16.2. The number of likely N-dealkylation sites (N-methyl/N-ethyl adjacent to an activating group) is 1. The molecule has 4 aliphatic rings. The minimum atomic E-state index is -0.661. The fraction of sp³-hybridized carbons (Fsp3) is 0.375. The van der Waals surface area contributed by atoms with Crippen LogP contribution in [0.4, 0.5) is 0 Å². The number of carbonyl (C=O) groups excluding carboxylic acids is 1. The van der Waals surface area contributed by atoms with Crippen LogP contribution in [0, 0.1) is 5.92 Å². The first-order valence-electron chi connectivity index (χ1n) is 10.3. The van der Waals surface area contributed by atoms with Crippen molar-refractivity contribution in [2.24, 2.45) is 5.92 Å². The van der Waals surface area contributed by atoms with Crippen molar-refractivity contribution in [2.75, 3.05) is 13.6 Å². The van der Waals surface area contributed by atoms with E-state index in [0.717, 1.165) is 24.9 Å². The summed E-state index contributed by atoms with van der Waals surface area (Å²) in [6, 6.07) is 13.3. The predicted molar refractivity (Wildman–Crippen MR) is 107 cm³/mol. The van der Waals surface area contributed by atoms with Crippen molar-refractivity contribution >= 4 is 5.97 Å². The smallest absolute Gasteiger partial charge is 0.343 e. The van der Waals surface area contributed by atoms with E-state index in [0.29, 0.717) is 29.0 Å². The first-order valence-corrected chi connectivity index (χ1v) is 10.3. The lowest BCUT2D eigenvalue weighted by atomic mass is 9.53. The summed E-state index contributed by atoms with van der Waals surface area (Å²) < 4.78 is 12.2. The third kappa shape index (κ3) is 2.20. The van der Waals surface area contributed by atoms with Crippen LogP contribution >= 0.6 is 0 Å². The van der Waals surface area contributed by atoms with Gasteiger partial charge >= 0.3 is 5.97 Å². The summed E-state index contributed by atoms with van der Waals surface area (Å²) in [6.07, 6.45) is 4.94. The number of rotatable bonds is 2. The molecule has 2 aromatic carbocycles. The van der Waals surface area contributed by atoms with E-state index in [4.69, 9.17) is 9.47 Å². The third-order valence-electron chi connectivity index (χ3n) is 7.35. The van der Waals surface area contributed by atoms with Gasteiger partial charge in [-0.3, -0.25) is 0 Å². The topological polar surface area (TPSA) is 59.0 Å². The van der Waals surface area contributed by atoms with Gasteiger partial charge in [0.1, 0.15) is 12.2 Å².